The smallest absolute Gasteiger partial charge is 0.332 e. The van der Waals surface area contributed by atoms with Crippen molar-refractivity contribution in [3.63, 3.8) is 0 Å². The molecule has 82 valence electrons. The van der Waals surface area contributed by atoms with Gasteiger partial charge in [0.1, 0.15) is 0 Å². The molecule has 0 aliphatic rings. The topological polar surface area (TPSA) is 57.5 Å². The van der Waals surface area contributed by atoms with Gasteiger partial charge in [-0.25, -0.2) is 4.79 Å². The summed E-state index contributed by atoms with van der Waals surface area (Å²) in [6.45, 7) is 0. The first-order valence-electron chi connectivity index (χ1n) is 5.05. The monoisotopic (exact) mass is 216 g/mol. The van der Waals surface area contributed by atoms with Gasteiger partial charge in [0.2, 0.25) is 0 Å². The molecule has 0 radical (unpaired) electrons. The van der Waals surface area contributed by atoms with Crippen molar-refractivity contribution in [3.05, 3.63) is 48.0 Å². The van der Waals surface area contributed by atoms with Crippen molar-refractivity contribution in [2.75, 3.05) is 0 Å². The highest BCUT2D eigenvalue weighted by Crippen LogP contribution is 2.16. The SMILES string of the molecule is O=C(O)[C@H](O)Cc1ccc2ccccc2c1. The van der Waals surface area contributed by atoms with Crippen LogP contribution in [0.5, 0.6) is 0 Å². The van der Waals surface area contributed by atoms with Crippen molar-refractivity contribution >= 4 is 16.7 Å². The first-order valence-corrected chi connectivity index (χ1v) is 5.05. The van der Waals surface area contributed by atoms with Gasteiger partial charge in [0.15, 0.2) is 6.10 Å². The summed E-state index contributed by atoms with van der Waals surface area (Å²) in [4.78, 5) is 10.5. The normalized spacial score (nSPS) is 12.6. The first-order chi connectivity index (χ1) is 7.66. The fraction of sp³-hybridized carbons (Fsp3) is 0.154. The second-order valence-electron chi connectivity index (χ2n) is 3.74. The van der Waals surface area contributed by atoms with Gasteiger partial charge in [-0.15, -0.1) is 0 Å². The average molecular weight is 216 g/mol. The van der Waals surface area contributed by atoms with Gasteiger partial charge in [-0.1, -0.05) is 42.5 Å². The third-order valence-electron chi connectivity index (χ3n) is 2.53. The Labute approximate surface area is 93.0 Å². The number of aliphatic carboxylic acids is 1. The Bertz CT molecular complexity index is 519. The van der Waals surface area contributed by atoms with Gasteiger partial charge in [-0.2, -0.15) is 0 Å². The molecular weight excluding hydrogens is 204 g/mol. The molecule has 2 aromatic rings. The second-order valence-corrected chi connectivity index (χ2v) is 3.74. The third-order valence-corrected chi connectivity index (χ3v) is 2.53. The molecule has 2 aromatic carbocycles. The van der Waals surface area contributed by atoms with Crippen LogP contribution in [0.15, 0.2) is 42.5 Å². The Kier molecular flexibility index (Phi) is 2.88. The molecule has 1 atom stereocenters. The van der Waals surface area contributed by atoms with Gasteiger partial charge in [0.25, 0.3) is 0 Å². The summed E-state index contributed by atoms with van der Waals surface area (Å²) in [5, 5.41) is 20.0. The molecule has 0 amide bonds. The van der Waals surface area contributed by atoms with E-state index in [1.165, 1.54) is 0 Å². The zero-order valence-electron chi connectivity index (χ0n) is 8.63. The predicted octanol–water partition coefficient (Wildman–Crippen LogP) is 1.83. The van der Waals surface area contributed by atoms with E-state index >= 15 is 0 Å². The Morgan fingerprint density at radius 2 is 1.81 bits per heavy atom. The van der Waals surface area contributed by atoms with Crippen LogP contribution in [0.2, 0.25) is 0 Å². The zero-order valence-corrected chi connectivity index (χ0v) is 8.63. The van der Waals surface area contributed by atoms with Gasteiger partial charge in [0, 0.05) is 6.42 Å². The van der Waals surface area contributed by atoms with E-state index in [0.29, 0.717) is 0 Å². The lowest BCUT2D eigenvalue weighted by Crippen LogP contribution is -2.21. The van der Waals surface area contributed by atoms with Crippen molar-refractivity contribution in [2.45, 2.75) is 12.5 Å². The van der Waals surface area contributed by atoms with Crippen LogP contribution in [0, 0.1) is 0 Å². The Morgan fingerprint density at radius 1 is 1.12 bits per heavy atom. The van der Waals surface area contributed by atoms with E-state index in [1.807, 2.05) is 42.5 Å². The standard InChI is InChI=1S/C13H12O3/c14-12(13(15)16)8-9-5-6-10-3-1-2-4-11(10)7-9/h1-7,12,14H,8H2,(H,15,16)/t12-/m1/s1. The molecule has 2 rings (SSSR count). The number of carboxylic acids is 1. The minimum atomic E-state index is -1.33. The van der Waals surface area contributed by atoms with E-state index < -0.39 is 12.1 Å². The molecular formula is C13H12O3. The van der Waals surface area contributed by atoms with Crippen LogP contribution < -0.4 is 0 Å². The number of hydrogen-bond donors (Lipinski definition) is 2. The lowest BCUT2D eigenvalue weighted by atomic mass is 10.0. The highest BCUT2D eigenvalue weighted by molar-refractivity contribution is 5.83. The number of hydrogen-bond acceptors (Lipinski definition) is 2. The Balaban J connectivity index is 2.29. The van der Waals surface area contributed by atoms with Gasteiger partial charge in [-0.3, -0.25) is 0 Å². The summed E-state index contributed by atoms with van der Waals surface area (Å²) in [6.07, 6.45) is -1.19. The van der Waals surface area contributed by atoms with Crippen molar-refractivity contribution in [1.29, 1.82) is 0 Å². The number of fused-ring (bicyclic) bond motifs is 1. The molecule has 0 aliphatic carbocycles. The lowest BCUT2D eigenvalue weighted by molar-refractivity contribution is -0.146. The van der Waals surface area contributed by atoms with E-state index in [4.69, 9.17) is 5.11 Å². The molecule has 0 saturated heterocycles. The van der Waals surface area contributed by atoms with Crippen LogP contribution in [-0.2, 0) is 11.2 Å². The number of carbonyl (C=O) groups is 1. The quantitative estimate of drug-likeness (QED) is 0.822. The molecule has 0 spiro atoms. The van der Waals surface area contributed by atoms with Crippen LogP contribution in [-0.4, -0.2) is 22.3 Å². The summed E-state index contributed by atoms with van der Waals surface area (Å²) in [5.74, 6) is -1.19. The van der Waals surface area contributed by atoms with Crippen LogP contribution in [0.25, 0.3) is 10.8 Å². The molecule has 0 saturated carbocycles. The van der Waals surface area contributed by atoms with Crippen LogP contribution in [0.4, 0.5) is 0 Å². The maximum atomic E-state index is 10.5. The summed E-state index contributed by atoms with van der Waals surface area (Å²) in [6, 6.07) is 13.5. The molecule has 0 aromatic heterocycles. The van der Waals surface area contributed by atoms with E-state index in [9.17, 15) is 9.90 Å². The molecule has 0 heterocycles. The summed E-state index contributed by atoms with van der Waals surface area (Å²) >= 11 is 0. The van der Waals surface area contributed by atoms with Crippen molar-refractivity contribution in [3.8, 4) is 0 Å². The van der Waals surface area contributed by atoms with E-state index in [-0.39, 0.29) is 6.42 Å². The fourth-order valence-corrected chi connectivity index (χ4v) is 1.68. The van der Waals surface area contributed by atoms with Gasteiger partial charge in [-0.05, 0) is 16.3 Å². The predicted molar refractivity (Wildman–Crippen MR) is 61.3 cm³/mol. The molecule has 0 fully saturated rings. The first kappa shape index (κ1) is 10.6. The maximum Gasteiger partial charge on any atom is 0.332 e. The summed E-state index contributed by atoms with van der Waals surface area (Å²) in [5.41, 5.74) is 0.827. The van der Waals surface area contributed by atoms with Crippen molar-refractivity contribution in [2.24, 2.45) is 0 Å². The van der Waals surface area contributed by atoms with Crippen molar-refractivity contribution in [1.82, 2.24) is 0 Å². The average Bonchev–Trinajstić information content (AvgIpc) is 2.28. The minimum absolute atomic E-state index is 0.139. The summed E-state index contributed by atoms with van der Waals surface area (Å²) in [7, 11) is 0. The number of aliphatic hydroxyl groups is 1. The number of rotatable bonds is 3. The largest absolute Gasteiger partial charge is 0.479 e. The fourth-order valence-electron chi connectivity index (χ4n) is 1.68. The maximum absolute atomic E-state index is 10.5. The van der Waals surface area contributed by atoms with Crippen LogP contribution in [0.3, 0.4) is 0 Å². The zero-order chi connectivity index (χ0) is 11.5. The Hall–Kier alpha value is -1.87. The highest BCUT2D eigenvalue weighted by atomic mass is 16.4. The molecule has 16 heavy (non-hydrogen) atoms. The number of benzene rings is 2. The van der Waals surface area contributed by atoms with Gasteiger partial charge >= 0.3 is 5.97 Å². The second kappa shape index (κ2) is 4.33. The van der Waals surface area contributed by atoms with Crippen LogP contribution in [0.1, 0.15) is 5.56 Å². The van der Waals surface area contributed by atoms with Crippen molar-refractivity contribution < 1.29 is 15.0 Å². The number of aliphatic hydroxyl groups excluding tert-OH is 1. The Morgan fingerprint density at radius 3 is 2.50 bits per heavy atom. The van der Waals surface area contributed by atoms with Crippen LogP contribution >= 0.6 is 0 Å². The molecule has 3 nitrogen and oxygen atoms in total. The van der Waals surface area contributed by atoms with Gasteiger partial charge < -0.3 is 10.2 Å². The molecule has 3 heteroatoms. The molecule has 0 bridgehead atoms. The highest BCUT2D eigenvalue weighted by Gasteiger charge is 2.13. The third kappa shape index (κ3) is 2.20. The van der Waals surface area contributed by atoms with E-state index in [0.717, 1.165) is 16.3 Å². The minimum Gasteiger partial charge on any atom is -0.479 e. The lowest BCUT2D eigenvalue weighted by Gasteiger charge is -2.06. The molecule has 0 aliphatic heterocycles. The molecule has 0 unspecified atom stereocenters. The molecule has 2 N–H and O–H groups in total. The number of carboxylic acid groups (broad SMARTS) is 1. The summed E-state index contributed by atoms with van der Waals surface area (Å²) < 4.78 is 0. The van der Waals surface area contributed by atoms with Gasteiger partial charge in [0.05, 0.1) is 0 Å². The van der Waals surface area contributed by atoms with E-state index in [2.05, 4.69) is 0 Å². The van der Waals surface area contributed by atoms with E-state index in [1.54, 1.807) is 0 Å².